The second-order valence-corrected chi connectivity index (χ2v) is 6.99. The predicted octanol–water partition coefficient (Wildman–Crippen LogP) is 5.21. The van der Waals surface area contributed by atoms with Crippen LogP contribution in [0.3, 0.4) is 0 Å². The van der Waals surface area contributed by atoms with Gasteiger partial charge in [0.05, 0.1) is 27.1 Å². The second-order valence-electron chi connectivity index (χ2n) is 5.32. The molecule has 0 aliphatic rings. The van der Waals surface area contributed by atoms with Gasteiger partial charge in [-0.05, 0) is 17.7 Å². The highest BCUT2D eigenvalue weighted by molar-refractivity contribution is 7.14. The molecule has 0 saturated heterocycles. The van der Waals surface area contributed by atoms with Gasteiger partial charge in [-0.3, -0.25) is 14.9 Å². The van der Waals surface area contributed by atoms with Crippen molar-refractivity contribution < 1.29 is 9.72 Å². The van der Waals surface area contributed by atoms with E-state index in [4.69, 9.17) is 23.2 Å². The molecule has 3 rings (SSSR count). The summed E-state index contributed by atoms with van der Waals surface area (Å²) in [5, 5.41) is 16.5. The summed E-state index contributed by atoms with van der Waals surface area (Å²) in [5.41, 5.74) is 2.14. The smallest absolute Gasteiger partial charge is 0.269 e. The highest BCUT2D eigenvalue weighted by atomic mass is 35.5. The maximum Gasteiger partial charge on any atom is 0.269 e. The lowest BCUT2D eigenvalue weighted by Gasteiger charge is -2.02. The Morgan fingerprint density at radius 1 is 1.15 bits per heavy atom. The standard InChI is InChI=1S/C17H11Cl2N3O3S/c18-13-6-3-11(8-14(13)19)15-9-26-17(20-15)21-16(23)7-10-1-4-12(5-2-10)22(24)25/h1-6,8-9H,7H2,(H,20,21,23). The Labute approximate surface area is 162 Å². The molecule has 0 fully saturated rings. The number of carbonyl (C=O) groups is 1. The summed E-state index contributed by atoms with van der Waals surface area (Å²) in [5.74, 6) is -0.256. The summed E-state index contributed by atoms with van der Waals surface area (Å²) in [7, 11) is 0. The summed E-state index contributed by atoms with van der Waals surface area (Å²) in [6.45, 7) is 0. The van der Waals surface area contributed by atoms with Gasteiger partial charge in [0.15, 0.2) is 5.13 Å². The van der Waals surface area contributed by atoms with Crippen LogP contribution in [-0.4, -0.2) is 15.8 Å². The van der Waals surface area contributed by atoms with Crippen LogP contribution < -0.4 is 5.32 Å². The van der Waals surface area contributed by atoms with E-state index in [0.717, 1.165) is 5.56 Å². The third-order valence-electron chi connectivity index (χ3n) is 3.48. The van der Waals surface area contributed by atoms with Crippen molar-refractivity contribution in [1.82, 2.24) is 4.98 Å². The molecule has 0 aliphatic heterocycles. The number of nitro benzene ring substituents is 1. The first-order valence-corrected chi connectivity index (χ1v) is 9.00. The van der Waals surface area contributed by atoms with Crippen molar-refractivity contribution in [1.29, 1.82) is 0 Å². The number of hydrogen-bond acceptors (Lipinski definition) is 5. The number of nitrogens with zero attached hydrogens (tertiary/aromatic N) is 2. The van der Waals surface area contributed by atoms with Crippen LogP contribution in [0.2, 0.25) is 10.0 Å². The minimum Gasteiger partial charge on any atom is -0.302 e. The monoisotopic (exact) mass is 407 g/mol. The van der Waals surface area contributed by atoms with Gasteiger partial charge in [0.1, 0.15) is 0 Å². The number of rotatable bonds is 5. The number of amides is 1. The summed E-state index contributed by atoms with van der Waals surface area (Å²) < 4.78 is 0. The Bertz CT molecular complexity index is 974. The molecule has 132 valence electrons. The van der Waals surface area contributed by atoms with Crippen molar-refractivity contribution in [3.8, 4) is 11.3 Å². The lowest BCUT2D eigenvalue weighted by molar-refractivity contribution is -0.384. The first-order chi connectivity index (χ1) is 12.4. The average molecular weight is 408 g/mol. The van der Waals surface area contributed by atoms with Crippen molar-refractivity contribution in [2.45, 2.75) is 6.42 Å². The molecular formula is C17H11Cl2N3O3S. The van der Waals surface area contributed by atoms with Gasteiger partial charge in [-0.2, -0.15) is 0 Å². The highest BCUT2D eigenvalue weighted by Gasteiger charge is 2.11. The quantitative estimate of drug-likeness (QED) is 0.464. The molecule has 2 aromatic carbocycles. The van der Waals surface area contributed by atoms with Crippen molar-refractivity contribution in [2.75, 3.05) is 5.32 Å². The fraction of sp³-hybridized carbons (Fsp3) is 0.0588. The van der Waals surface area contributed by atoms with E-state index < -0.39 is 4.92 Å². The van der Waals surface area contributed by atoms with Gasteiger partial charge in [-0.25, -0.2) is 4.98 Å². The average Bonchev–Trinajstić information content (AvgIpc) is 3.06. The molecule has 0 spiro atoms. The maximum absolute atomic E-state index is 12.1. The topological polar surface area (TPSA) is 85.1 Å². The van der Waals surface area contributed by atoms with Gasteiger partial charge in [-0.1, -0.05) is 41.4 Å². The van der Waals surface area contributed by atoms with E-state index in [-0.39, 0.29) is 18.0 Å². The summed E-state index contributed by atoms with van der Waals surface area (Å²) in [6.07, 6.45) is 0.0969. The first-order valence-electron chi connectivity index (χ1n) is 7.36. The molecule has 26 heavy (non-hydrogen) atoms. The van der Waals surface area contributed by atoms with Crippen molar-refractivity contribution >= 4 is 51.3 Å². The third kappa shape index (κ3) is 4.37. The Kier molecular flexibility index (Phi) is 5.51. The van der Waals surface area contributed by atoms with E-state index in [1.165, 1.54) is 23.5 Å². The molecule has 1 heterocycles. The number of aromatic nitrogens is 1. The van der Waals surface area contributed by atoms with Gasteiger partial charge in [0, 0.05) is 23.1 Å². The Hall–Kier alpha value is -2.48. The van der Waals surface area contributed by atoms with Crippen LogP contribution in [0.4, 0.5) is 10.8 Å². The number of non-ortho nitro benzene ring substituents is 1. The molecule has 1 aromatic heterocycles. The maximum atomic E-state index is 12.1. The molecule has 0 atom stereocenters. The van der Waals surface area contributed by atoms with Gasteiger partial charge in [-0.15, -0.1) is 11.3 Å². The van der Waals surface area contributed by atoms with Crippen LogP contribution >= 0.6 is 34.5 Å². The Morgan fingerprint density at radius 2 is 1.88 bits per heavy atom. The van der Waals surface area contributed by atoms with Gasteiger partial charge in [0.2, 0.25) is 5.91 Å². The zero-order valence-electron chi connectivity index (χ0n) is 13.1. The van der Waals surface area contributed by atoms with Crippen LogP contribution in [0.1, 0.15) is 5.56 Å². The van der Waals surface area contributed by atoms with Crippen molar-refractivity contribution in [3.05, 3.63) is 73.6 Å². The second kappa shape index (κ2) is 7.82. The zero-order valence-corrected chi connectivity index (χ0v) is 15.4. The molecule has 0 saturated carbocycles. The van der Waals surface area contributed by atoms with Crippen LogP contribution in [-0.2, 0) is 11.2 Å². The SMILES string of the molecule is O=C(Cc1ccc([N+](=O)[O-])cc1)Nc1nc(-c2ccc(Cl)c(Cl)c2)cs1. The molecule has 6 nitrogen and oxygen atoms in total. The number of nitro groups is 1. The molecule has 0 bridgehead atoms. The van der Waals surface area contributed by atoms with E-state index in [1.807, 2.05) is 0 Å². The first kappa shape index (κ1) is 18.3. The number of thiazole rings is 1. The normalized spacial score (nSPS) is 10.5. The molecule has 0 aliphatic carbocycles. The lowest BCUT2D eigenvalue weighted by Crippen LogP contribution is -2.14. The molecule has 0 radical (unpaired) electrons. The van der Waals surface area contributed by atoms with E-state index in [2.05, 4.69) is 10.3 Å². The predicted molar refractivity (Wildman–Crippen MR) is 103 cm³/mol. The van der Waals surface area contributed by atoms with Crippen LogP contribution in [0.25, 0.3) is 11.3 Å². The molecule has 1 amide bonds. The summed E-state index contributed by atoms with van der Waals surface area (Å²) in [4.78, 5) is 26.7. The lowest BCUT2D eigenvalue weighted by atomic mass is 10.1. The molecule has 0 unspecified atom stereocenters. The number of carbonyl (C=O) groups excluding carboxylic acids is 1. The minimum atomic E-state index is -0.482. The summed E-state index contributed by atoms with van der Waals surface area (Å²) >= 11 is 13.2. The van der Waals surface area contributed by atoms with E-state index in [1.54, 1.807) is 35.7 Å². The number of anilines is 1. The molecule has 9 heteroatoms. The largest absolute Gasteiger partial charge is 0.302 e. The number of halogens is 2. The van der Waals surface area contributed by atoms with Crippen LogP contribution in [0, 0.1) is 10.1 Å². The van der Waals surface area contributed by atoms with Crippen LogP contribution in [0.5, 0.6) is 0 Å². The van der Waals surface area contributed by atoms with Gasteiger partial charge in [0.25, 0.3) is 5.69 Å². The van der Waals surface area contributed by atoms with Gasteiger partial charge < -0.3 is 5.32 Å². The van der Waals surface area contributed by atoms with Crippen LogP contribution in [0.15, 0.2) is 47.8 Å². The number of nitrogens with one attached hydrogen (secondary N) is 1. The fourth-order valence-corrected chi connectivity index (χ4v) is 3.24. The van der Waals surface area contributed by atoms with Gasteiger partial charge >= 0.3 is 0 Å². The Balaban J connectivity index is 1.65. The summed E-state index contributed by atoms with van der Waals surface area (Å²) in [6, 6.07) is 11.0. The molecular weight excluding hydrogens is 397 g/mol. The van der Waals surface area contributed by atoms with Crippen molar-refractivity contribution in [2.24, 2.45) is 0 Å². The van der Waals surface area contributed by atoms with Crippen molar-refractivity contribution in [3.63, 3.8) is 0 Å². The molecule has 1 N–H and O–H groups in total. The minimum absolute atomic E-state index is 0.0136. The van der Waals surface area contributed by atoms with E-state index >= 15 is 0 Å². The molecule has 3 aromatic rings. The van der Waals surface area contributed by atoms with E-state index in [0.29, 0.717) is 26.4 Å². The fourth-order valence-electron chi connectivity index (χ4n) is 2.20. The Morgan fingerprint density at radius 3 is 2.54 bits per heavy atom. The number of hydrogen-bond donors (Lipinski definition) is 1. The van der Waals surface area contributed by atoms with E-state index in [9.17, 15) is 14.9 Å². The number of benzene rings is 2. The third-order valence-corrected chi connectivity index (χ3v) is 4.97. The zero-order chi connectivity index (χ0) is 18.7. The highest BCUT2D eigenvalue weighted by Crippen LogP contribution is 2.30.